The second-order valence-electron chi connectivity index (χ2n) is 5.90. The van der Waals surface area contributed by atoms with Gasteiger partial charge in [0.2, 0.25) is 10.0 Å². The minimum atomic E-state index is -3.70. The van der Waals surface area contributed by atoms with E-state index in [4.69, 9.17) is 14.7 Å². The Morgan fingerprint density at radius 3 is 2.36 bits per heavy atom. The summed E-state index contributed by atoms with van der Waals surface area (Å²) >= 11 is 0. The molecule has 1 atom stereocenters. The van der Waals surface area contributed by atoms with Crippen LogP contribution in [0.1, 0.15) is 28.4 Å². The van der Waals surface area contributed by atoms with Crippen LogP contribution in [-0.2, 0) is 14.9 Å². The molecule has 0 saturated heterocycles. The Balaban J connectivity index is 1.89. The molecule has 0 amide bonds. The van der Waals surface area contributed by atoms with Gasteiger partial charge in [-0.05, 0) is 60.9 Å². The van der Waals surface area contributed by atoms with E-state index in [0.717, 1.165) is 33.7 Å². The average molecular weight is 360 g/mol. The van der Waals surface area contributed by atoms with Crippen molar-refractivity contribution in [2.45, 2.75) is 24.8 Å². The molecule has 0 saturated carbocycles. The third-order valence-corrected chi connectivity index (χ3v) is 5.33. The summed E-state index contributed by atoms with van der Waals surface area (Å²) in [7, 11) is -2.05. The van der Waals surface area contributed by atoms with Crippen molar-refractivity contribution in [1.29, 1.82) is 0 Å². The lowest BCUT2D eigenvalue weighted by Crippen LogP contribution is -2.12. The van der Waals surface area contributed by atoms with Gasteiger partial charge >= 0.3 is 0 Å². The van der Waals surface area contributed by atoms with Crippen LogP contribution in [0.3, 0.4) is 0 Å². The summed E-state index contributed by atoms with van der Waals surface area (Å²) in [6, 6.07) is 10.2. The number of methoxy groups -OCH3 is 1. The number of ether oxygens (including phenoxy) is 1. The lowest BCUT2D eigenvalue weighted by atomic mass is 9.99. The van der Waals surface area contributed by atoms with Crippen molar-refractivity contribution < 1.29 is 18.0 Å². The van der Waals surface area contributed by atoms with Gasteiger partial charge in [-0.25, -0.2) is 13.6 Å². The standard InChI is InChI=1S/C18H20N2O4S/c1-11-12(2)17(23-3)9-8-15(11)16-10-18(24-20-16)13-4-6-14(7-5-13)25(19,21)22/h4-10,18,20H,1-3H3,(H2,19,21,22). The van der Waals surface area contributed by atoms with E-state index in [0.29, 0.717) is 0 Å². The molecule has 1 heterocycles. The molecule has 0 radical (unpaired) electrons. The zero-order valence-corrected chi connectivity index (χ0v) is 15.1. The number of sulfonamides is 1. The molecule has 3 rings (SSSR count). The first-order chi connectivity index (χ1) is 11.8. The van der Waals surface area contributed by atoms with E-state index >= 15 is 0 Å². The van der Waals surface area contributed by atoms with E-state index in [1.807, 2.05) is 32.1 Å². The second-order valence-corrected chi connectivity index (χ2v) is 7.46. The smallest absolute Gasteiger partial charge is 0.238 e. The topological polar surface area (TPSA) is 90.7 Å². The molecule has 7 heteroatoms. The van der Waals surface area contributed by atoms with Gasteiger partial charge in [-0.15, -0.1) is 0 Å². The molecule has 1 aliphatic rings. The maximum Gasteiger partial charge on any atom is 0.238 e. The Kier molecular flexibility index (Phi) is 4.55. The van der Waals surface area contributed by atoms with Crippen molar-refractivity contribution in [3.63, 3.8) is 0 Å². The van der Waals surface area contributed by atoms with Crippen molar-refractivity contribution in [3.05, 3.63) is 64.7 Å². The number of benzene rings is 2. The van der Waals surface area contributed by atoms with Crippen LogP contribution in [0.25, 0.3) is 5.70 Å². The molecule has 0 bridgehead atoms. The van der Waals surface area contributed by atoms with Crippen molar-refractivity contribution in [2.24, 2.45) is 5.14 Å². The van der Waals surface area contributed by atoms with Crippen LogP contribution in [0.15, 0.2) is 47.4 Å². The minimum Gasteiger partial charge on any atom is -0.496 e. The van der Waals surface area contributed by atoms with E-state index in [9.17, 15) is 8.42 Å². The van der Waals surface area contributed by atoms with E-state index in [-0.39, 0.29) is 11.0 Å². The molecular weight excluding hydrogens is 340 g/mol. The van der Waals surface area contributed by atoms with Gasteiger partial charge in [0.05, 0.1) is 17.7 Å². The second kappa shape index (κ2) is 6.51. The molecule has 0 aromatic heterocycles. The van der Waals surface area contributed by atoms with E-state index in [1.165, 1.54) is 12.1 Å². The highest BCUT2D eigenvalue weighted by molar-refractivity contribution is 7.89. The lowest BCUT2D eigenvalue weighted by Gasteiger charge is -2.13. The summed E-state index contributed by atoms with van der Waals surface area (Å²) < 4.78 is 28.0. The maximum atomic E-state index is 11.3. The summed E-state index contributed by atoms with van der Waals surface area (Å²) in [6.45, 7) is 4.04. The van der Waals surface area contributed by atoms with E-state index in [2.05, 4.69) is 5.48 Å². The molecule has 0 spiro atoms. The summed E-state index contributed by atoms with van der Waals surface area (Å²) in [6.07, 6.45) is 1.64. The first kappa shape index (κ1) is 17.5. The number of hydrogen-bond donors (Lipinski definition) is 2. The van der Waals surface area contributed by atoms with E-state index < -0.39 is 10.0 Å². The van der Waals surface area contributed by atoms with Crippen LogP contribution in [0.5, 0.6) is 5.75 Å². The molecule has 3 N–H and O–H groups in total. The van der Waals surface area contributed by atoms with Gasteiger partial charge in [-0.1, -0.05) is 12.1 Å². The molecule has 0 fully saturated rings. The highest BCUT2D eigenvalue weighted by Crippen LogP contribution is 2.33. The van der Waals surface area contributed by atoms with E-state index in [1.54, 1.807) is 19.2 Å². The number of nitrogens with two attached hydrogens (primary N) is 1. The Hall–Kier alpha value is -2.35. The monoisotopic (exact) mass is 360 g/mol. The van der Waals surface area contributed by atoms with Crippen LogP contribution >= 0.6 is 0 Å². The molecule has 2 aromatic carbocycles. The maximum absolute atomic E-state index is 11.3. The summed E-state index contributed by atoms with van der Waals surface area (Å²) in [5.74, 6) is 0.843. The summed E-state index contributed by atoms with van der Waals surface area (Å²) in [5.41, 5.74) is 7.85. The Labute approximate surface area is 147 Å². The van der Waals surface area contributed by atoms with Gasteiger partial charge in [-0.2, -0.15) is 0 Å². The van der Waals surface area contributed by atoms with Gasteiger partial charge in [0.15, 0.2) is 0 Å². The predicted octanol–water partition coefficient (Wildman–Crippen LogP) is 2.58. The molecule has 0 aliphatic carbocycles. The van der Waals surface area contributed by atoms with Crippen LogP contribution in [0.4, 0.5) is 0 Å². The van der Waals surface area contributed by atoms with Crippen LogP contribution < -0.4 is 15.4 Å². The molecule has 1 aliphatic heterocycles. The fraction of sp³-hybridized carbons (Fsp3) is 0.222. The Morgan fingerprint density at radius 1 is 1.08 bits per heavy atom. The zero-order valence-electron chi connectivity index (χ0n) is 14.2. The van der Waals surface area contributed by atoms with Crippen LogP contribution in [0, 0.1) is 13.8 Å². The van der Waals surface area contributed by atoms with Gasteiger partial charge in [-0.3, -0.25) is 10.3 Å². The molecule has 1 unspecified atom stereocenters. The Bertz CT molecular complexity index is 934. The summed E-state index contributed by atoms with van der Waals surface area (Å²) in [4.78, 5) is 5.71. The lowest BCUT2D eigenvalue weighted by molar-refractivity contribution is 0.0510. The quantitative estimate of drug-likeness (QED) is 0.874. The highest BCUT2D eigenvalue weighted by atomic mass is 32.2. The number of rotatable bonds is 4. The normalized spacial score (nSPS) is 17.1. The first-order valence-electron chi connectivity index (χ1n) is 7.72. The van der Waals surface area contributed by atoms with Gasteiger partial charge in [0.1, 0.15) is 11.9 Å². The third kappa shape index (κ3) is 3.39. The highest BCUT2D eigenvalue weighted by Gasteiger charge is 2.22. The molecule has 25 heavy (non-hydrogen) atoms. The zero-order chi connectivity index (χ0) is 18.2. The van der Waals surface area contributed by atoms with Crippen molar-refractivity contribution in [3.8, 4) is 5.75 Å². The Morgan fingerprint density at radius 2 is 1.76 bits per heavy atom. The largest absolute Gasteiger partial charge is 0.496 e. The first-order valence-corrected chi connectivity index (χ1v) is 9.26. The van der Waals surface area contributed by atoms with Gasteiger partial charge < -0.3 is 4.74 Å². The number of hydrogen-bond acceptors (Lipinski definition) is 5. The third-order valence-electron chi connectivity index (χ3n) is 4.40. The number of nitrogens with one attached hydrogen (secondary N) is 1. The van der Waals surface area contributed by atoms with Crippen LogP contribution in [-0.4, -0.2) is 15.5 Å². The van der Waals surface area contributed by atoms with Gasteiger partial charge in [0.25, 0.3) is 0 Å². The molecule has 132 valence electrons. The summed E-state index contributed by atoms with van der Waals surface area (Å²) in [5, 5.41) is 5.12. The molecular formula is C18H20N2O4S. The number of primary sulfonamides is 1. The minimum absolute atomic E-state index is 0.0769. The van der Waals surface area contributed by atoms with Crippen molar-refractivity contribution in [2.75, 3.05) is 7.11 Å². The molecule has 6 nitrogen and oxygen atoms in total. The molecule has 2 aromatic rings. The SMILES string of the molecule is COc1ccc(C2=CC(c3ccc(S(N)(=O)=O)cc3)ON2)c(C)c1C. The van der Waals surface area contributed by atoms with Crippen molar-refractivity contribution in [1.82, 2.24) is 5.48 Å². The fourth-order valence-electron chi connectivity index (χ4n) is 2.81. The van der Waals surface area contributed by atoms with Crippen LogP contribution in [0.2, 0.25) is 0 Å². The number of hydroxylamine groups is 1. The fourth-order valence-corrected chi connectivity index (χ4v) is 3.33. The average Bonchev–Trinajstić information content (AvgIpc) is 3.06. The van der Waals surface area contributed by atoms with Gasteiger partial charge in [0, 0.05) is 5.56 Å². The predicted molar refractivity (Wildman–Crippen MR) is 95.2 cm³/mol. The van der Waals surface area contributed by atoms with Crippen molar-refractivity contribution >= 4 is 15.7 Å².